The molecule has 0 bridgehead atoms. The van der Waals surface area contributed by atoms with Gasteiger partial charge in [0.25, 0.3) is 0 Å². The molecular weight excluding hydrogens is 226 g/mol. The number of nitrogens with one attached hydrogen (secondary N) is 1. The van der Waals surface area contributed by atoms with Crippen molar-refractivity contribution in [3.63, 3.8) is 0 Å². The summed E-state index contributed by atoms with van der Waals surface area (Å²) in [6.07, 6.45) is 0.489. The van der Waals surface area contributed by atoms with Gasteiger partial charge in [0.1, 0.15) is 0 Å². The number of benzene rings is 1. The topological polar surface area (TPSA) is 56.1 Å². The fraction of sp³-hybridized carbons (Fsp3) is 0.429. The van der Waals surface area contributed by atoms with E-state index in [1.807, 2.05) is 24.3 Å². The Balaban J connectivity index is 2.91. The number of rotatable bonds is 5. The number of carbonyl (C=O) groups is 1. The molecule has 1 aromatic carbocycles. The van der Waals surface area contributed by atoms with E-state index in [4.69, 9.17) is 5.26 Å². The minimum Gasteiger partial charge on any atom is -0.368 e. The molecule has 0 aromatic heterocycles. The second-order valence-corrected chi connectivity index (χ2v) is 4.43. The molecule has 0 saturated carbocycles. The molecule has 0 fully saturated rings. The fourth-order valence-corrected chi connectivity index (χ4v) is 1.82. The summed E-state index contributed by atoms with van der Waals surface area (Å²) in [5.41, 5.74) is 1.80. The Labute approximate surface area is 108 Å². The van der Waals surface area contributed by atoms with Crippen LogP contribution in [0.1, 0.15) is 27.2 Å². The van der Waals surface area contributed by atoms with Crippen LogP contribution in [0.2, 0.25) is 0 Å². The molecule has 1 rings (SSSR count). The van der Waals surface area contributed by atoms with Crippen molar-refractivity contribution in [1.29, 1.82) is 5.26 Å². The van der Waals surface area contributed by atoms with E-state index < -0.39 is 0 Å². The lowest BCUT2D eigenvalue weighted by Crippen LogP contribution is -2.31. The first-order valence-electron chi connectivity index (χ1n) is 6.06. The molecule has 96 valence electrons. The average molecular weight is 245 g/mol. The van der Waals surface area contributed by atoms with Gasteiger partial charge < -0.3 is 10.2 Å². The van der Waals surface area contributed by atoms with Crippen LogP contribution >= 0.6 is 0 Å². The van der Waals surface area contributed by atoms with Gasteiger partial charge in [-0.05, 0) is 32.0 Å². The predicted octanol–water partition coefficient (Wildman–Crippen LogP) is 2.77. The molecule has 0 spiro atoms. The molecule has 4 heteroatoms. The van der Waals surface area contributed by atoms with Crippen molar-refractivity contribution in [3.05, 3.63) is 24.3 Å². The molecule has 0 aliphatic rings. The third kappa shape index (κ3) is 4.10. The summed E-state index contributed by atoms with van der Waals surface area (Å²) in [5, 5.41) is 11.4. The molecule has 1 amide bonds. The second-order valence-electron chi connectivity index (χ2n) is 4.43. The van der Waals surface area contributed by atoms with E-state index in [1.54, 1.807) is 0 Å². The normalized spacial score (nSPS) is 9.94. The second kappa shape index (κ2) is 6.65. The van der Waals surface area contributed by atoms with Gasteiger partial charge in [-0.25, -0.2) is 0 Å². The Morgan fingerprint density at radius 1 is 1.50 bits per heavy atom. The third-order valence-corrected chi connectivity index (χ3v) is 2.59. The van der Waals surface area contributed by atoms with Crippen LogP contribution in [0.25, 0.3) is 0 Å². The summed E-state index contributed by atoms with van der Waals surface area (Å²) < 4.78 is 0. The Kier molecular flexibility index (Phi) is 5.19. The summed E-state index contributed by atoms with van der Waals surface area (Å²) in [6, 6.07) is 10.1. The summed E-state index contributed by atoms with van der Waals surface area (Å²) in [4.78, 5) is 13.2. The number of amides is 1. The van der Waals surface area contributed by atoms with Gasteiger partial charge >= 0.3 is 0 Å². The quantitative estimate of drug-likeness (QED) is 0.867. The molecule has 1 N–H and O–H groups in total. The van der Waals surface area contributed by atoms with Crippen LogP contribution in [0.15, 0.2) is 24.3 Å². The smallest absolute Gasteiger partial charge is 0.221 e. The van der Waals surface area contributed by atoms with Crippen molar-refractivity contribution in [2.24, 2.45) is 0 Å². The van der Waals surface area contributed by atoms with Crippen LogP contribution in [0.5, 0.6) is 0 Å². The van der Waals surface area contributed by atoms with Gasteiger partial charge in [0, 0.05) is 30.9 Å². The lowest BCUT2D eigenvalue weighted by molar-refractivity contribution is -0.114. The minimum atomic E-state index is -0.0831. The highest BCUT2D eigenvalue weighted by atomic mass is 16.1. The molecule has 0 saturated heterocycles. The molecule has 0 atom stereocenters. The fourth-order valence-electron chi connectivity index (χ4n) is 1.82. The first-order valence-corrected chi connectivity index (χ1v) is 6.06. The van der Waals surface area contributed by atoms with Crippen LogP contribution in [-0.4, -0.2) is 18.5 Å². The van der Waals surface area contributed by atoms with Crippen molar-refractivity contribution in [2.75, 3.05) is 16.8 Å². The van der Waals surface area contributed by atoms with E-state index in [-0.39, 0.29) is 5.91 Å². The summed E-state index contributed by atoms with van der Waals surface area (Å²) in [5.74, 6) is -0.0831. The monoisotopic (exact) mass is 245 g/mol. The highest BCUT2D eigenvalue weighted by Crippen LogP contribution is 2.21. The Bertz CT molecular complexity index is 449. The third-order valence-electron chi connectivity index (χ3n) is 2.59. The molecule has 1 aromatic rings. The van der Waals surface area contributed by atoms with Crippen LogP contribution in [0.3, 0.4) is 0 Å². The van der Waals surface area contributed by atoms with E-state index in [9.17, 15) is 4.79 Å². The number of nitrogens with zero attached hydrogens (tertiary/aromatic N) is 2. The van der Waals surface area contributed by atoms with Crippen LogP contribution < -0.4 is 10.2 Å². The maximum Gasteiger partial charge on any atom is 0.221 e. The first kappa shape index (κ1) is 14.0. The van der Waals surface area contributed by atoms with Crippen molar-refractivity contribution in [2.45, 2.75) is 33.2 Å². The van der Waals surface area contributed by atoms with E-state index >= 15 is 0 Å². The zero-order chi connectivity index (χ0) is 13.5. The van der Waals surface area contributed by atoms with Gasteiger partial charge in [0.2, 0.25) is 5.91 Å². The average Bonchev–Trinajstić information content (AvgIpc) is 2.28. The van der Waals surface area contributed by atoms with Crippen LogP contribution in [0.4, 0.5) is 11.4 Å². The van der Waals surface area contributed by atoms with Gasteiger partial charge in [-0.2, -0.15) is 5.26 Å². The van der Waals surface area contributed by atoms with Gasteiger partial charge in [-0.3, -0.25) is 4.79 Å². The lowest BCUT2D eigenvalue weighted by atomic mass is 10.2. The molecule has 0 aliphatic carbocycles. The summed E-state index contributed by atoms with van der Waals surface area (Å²) in [7, 11) is 0. The van der Waals surface area contributed by atoms with Gasteiger partial charge in [0.15, 0.2) is 0 Å². The number of hydrogen-bond donors (Lipinski definition) is 1. The Morgan fingerprint density at radius 3 is 2.78 bits per heavy atom. The van der Waals surface area contributed by atoms with Crippen LogP contribution in [0, 0.1) is 11.3 Å². The van der Waals surface area contributed by atoms with E-state index in [0.717, 1.165) is 11.4 Å². The van der Waals surface area contributed by atoms with Crippen molar-refractivity contribution < 1.29 is 4.79 Å². The number of hydrogen-bond acceptors (Lipinski definition) is 3. The number of nitriles is 1. The molecule has 0 aliphatic heterocycles. The summed E-state index contributed by atoms with van der Waals surface area (Å²) >= 11 is 0. The highest BCUT2D eigenvalue weighted by Gasteiger charge is 2.10. The molecule has 0 radical (unpaired) electrons. The molecule has 18 heavy (non-hydrogen) atoms. The first-order chi connectivity index (χ1) is 8.54. The Morgan fingerprint density at radius 2 is 2.22 bits per heavy atom. The van der Waals surface area contributed by atoms with Crippen molar-refractivity contribution in [1.82, 2.24) is 0 Å². The largest absolute Gasteiger partial charge is 0.368 e. The van der Waals surface area contributed by atoms with Crippen molar-refractivity contribution >= 4 is 17.3 Å². The minimum absolute atomic E-state index is 0.0831. The zero-order valence-electron chi connectivity index (χ0n) is 11.1. The van der Waals surface area contributed by atoms with Gasteiger partial charge in [-0.15, -0.1) is 0 Å². The van der Waals surface area contributed by atoms with Crippen molar-refractivity contribution in [3.8, 4) is 6.07 Å². The van der Waals surface area contributed by atoms with E-state index in [2.05, 4.69) is 30.1 Å². The Hall–Kier alpha value is -2.02. The molecule has 0 heterocycles. The maximum atomic E-state index is 11.0. The lowest BCUT2D eigenvalue weighted by Gasteiger charge is -2.28. The number of carbonyl (C=O) groups excluding carboxylic acids is 1. The number of anilines is 2. The van der Waals surface area contributed by atoms with E-state index in [1.165, 1.54) is 6.92 Å². The zero-order valence-corrected chi connectivity index (χ0v) is 11.1. The molecule has 4 nitrogen and oxygen atoms in total. The predicted molar refractivity (Wildman–Crippen MR) is 73.5 cm³/mol. The molecular formula is C14H19N3O. The highest BCUT2D eigenvalue weighted by molar-refractivity contribution is 5.89. The maximum absolute atomic E-state index is 11.0. The standard InChI is InChI=1S/C14H19N3O/c1-11(2)17(9-5-8-15)14-7-4-6-13(10-14)16-12(3)18/h4,6-7,10-11H,5,9H2,1-3H3,(H,16,18). The SMILES string of the molecule is CC(=O)Nc1cccc(N(CCC#N)C(C)C)c1. The van der Waals surface area contributed by atoms with E-state index in [0.29, 0.717) is 19.0 Å². The summed E-state index contributed by atoms with van der Waals surface area (Å²) in [6.45, 7) is 6.35. The van der Waals surface area contributed by atoms with Gasteiger partial charge in [0.05, 0.1) is 12.5 Å². The van der Waals surface area contributed by atoms with Crippen LogP contribution in [-0.2, 0) is 4.79 Å². The van der Waals surface area contributed by atoms with Gasteiger partial charge in [-0.1, -0.05) is 6.07 Å². The molecule has 0 unspecified atom stereocenters.